The van der Waals surface area contributed by atoms with Gasteiger partial charge in [-0.3, -0.25) is 0 Å². The summed E-state index contributed by atoms with van der Waals surface area (Å²) in [7, 11) is 0. The fourth-order valence-electron chi connectivity index (χ4n) is 3.92. The Kier molecular flexibility index (Phi) is 3.77. The quantitative estimate of drug-likeness (QED) is 0.943. The smallest absolute Gasteiger partial charge is 0.176 e. The molecule has 6 heteroatoms. The highest BCUT2D eigenvalue weighted by atomic mass is 16.5. The molecule has 0 bridgehead atoms. The summed E-state index contributed by atoms with van der Waals surface area (Å²) in [4.78, 5) is 0. The van der Waals surface area contributed by atoms with Gasteiger partial charge < -0.3 is 10.1 Å². The summed E-state index contributed by atoms with van der Waals surface area (Å²) < 4.78 is 7.66. The van der Waals surface area contributed by atoms with Crippen LogP contribution in [0, 0.1) is 19.8 Å². The van der Waals surface area contributed by atoms with Crippen LogP contribution in [0.3, 0.4) is 0 Å². The fourth-order valence-corrected chi connectivity index (χ4v) is 3.92. The van der Waals surface area contributed by atoms with E-state index in [0.29, 0.717) is 18.1 Å². The molecule has 2 aliphatic rings. The van der Waals surface area contributed by atoms with Crippen LogP contribution in [0.15, 0.2) is 18.2 Å². The molecule has 3 heterocycles. The molecule has 2 aromatic rings. The third kappa shape index (κ3) is 2.83. The van der Waals surface area contributed by atoms with Crippen LogP contribution in [0.4, 0.5) is 5.82 Å². The van der Waals surface area contributed by atoms with Gasteiger partial charge in [0.25, 0.3) is 0 Å². The van der Waals surface area contributed by atoms with Crippen molar-refractivity contribution in [1.82, 2.24) is 20.0 Å². The van der Waals surface area contributed by atoms with Gasteiger partial charge in [0.1, 0.15) is 5.82 Å². The van der Waals surface area contributed by atoms with Crippen molar-refractivity contribution in [2.45, 2.75) is 51.7 Å². The van der Waals surface area contributed by atoms with Gasteiger partial charge in [0.05, 0.1) is 11.8 Å². The van der Waals surface area contributed by atoms with E-state index >= 15 is 0 Å². The predicted molar refractivity (Wildman–Crippen MR) is 87.7 cm³/mol. The molecule has 0 spiro atoms. The van der Waals surface area contributed by atoms with Crippen LogP contribution in [0.5, 0.6) is 0 Å². The predicted octanol–water partition coefficient (Wildman–Crippen LogP) is 2.65. The van der Waals surface area contributed by atoms with Gasteiger partial charge in [0, 0.05) is 24.3 Å². The number of anilines is 1. The number of aryl methyl sites for hydroxylation is 2. The summed E-state index contributed by atoms with van der Waals surface area (Å²) in [5.74, 6) is 2.21. The first-order valence-corrected chi connectivity index (χ1v) is 8.46. The van der Waals surface area contributed by atoms with E-state index in [0.717, 1.165) is 36.1 Å². The molecule has 3 atom stereocenters. The molecule has 2 fully saturated rings. The summed E-state index contributed by atoms with van der Waals surface area (Å²) in [6.45, 7) is 4.90. The van der Waals surface area contributed by atoms with E-state index in [1.165, 1.54) is 19.3 Å². The molecule has 0 amide bonds. The number of nitrogens with one attached hydrogen (secondary N) is 1. The number of nitrogens with zero attached hydrogens (tertiary/aromatic N) is 4. The minimum Gasteiger partial charge on any atom is -0.378 e. The minimum absolute atomic E-state index is 0.434. The van der Waals surface area contributed by atoms with Crippen molar-refractivity contribution < 1.29 is 4.74 Å². The number of fused-ring (bicyclic) bond motifs is 1. The van der Waals surface area contributed by atoms with E-state index in [1.807, 2.05) is 36.7 Å². The van der Waals surface area contributed by atoms with E-state index < -0.39 is 0 Å². The van der Waals surface area contributed by atoms with Gasteiger partial charge in [-0.25, -0.2) is 4.68 Å². The van der Waals surface area contributed by atoms with Crippen LogP contribution in [-0.2, 0) is 4.74 Å². The summed E-state index contributed by atoms with van der Waals surface area (Å²) in [5, 5.41) is 16.7. The van der Waals surface area contributed by atoms with Crippen molar-refractivity contribution in [3.8, 4) is 5.82 Å². The van der Waals surface area contributed by atoms with Crippen molar-refractivity contribution in [2.24, 2.45) is 5.92 Å². The molecule has 23 heavy (non-hydrogen) atoms. The third-order valence-corrected chi connectivity index (χ3v) is 4.99. The Bertz CT molecular complexity index is 681. The highest BCUT2D eigenvalue weighted by Gasteiger charge is 2.37. The highest BCUT2D eigenvalue weighted by Crippen LogP contribution is 2.35. The monoisotopic (exact) mass is 313 g/mol. The Labute approximate surface area is 136 Å². The molecule has 0 unspecified atom stereocenters. The first-order valence-electron chi connectivity index (χ1n) is 8.46. The summed E-state index contributed by atoms with van der Waals surface area (Å²) >= 11 is 0. The van der Waals surface area contributed by atoms with E-state index in [4.69, 9.17) is 4.74 Å². The second-order valence-electron chi connectivity index (χ2n) is 6.66. The van der Waals surface area contributed by atoms with E-state index in [2.05, 4.69) is 20.6 Å². The lowest BCUT2D eigenvalue weighted by Gasteiger charge is -2.33. The second kappa shape index (κ2) is 5.92. The second-order valence-corrected chi connectivity index (χ2v) is 6.66. The van der Waals surface area contributed by atoms with Crippen molar-refractivity contribution in [3.63, 3.8) is 0 Å². The van der Waals surface area contributed by atoms with Crippen molar-refractivity contribution in [1.29, 1.82) is 0 Å². The van der Waals surface area contributed by atoms with Crippen molar-refractivity contribution in [2.75, 3.05) is 11.9 Å². The largest absolute Gasteiger partial charge is 0.378 e. The lowest BCUT2D eigenvalue weighted by Crippen LogP contribution is -2.38. The molecule has 6 nitrogen and oxygen atoms in total. The molecule has 122 valence electrons. The molecular weight excluding hydrogens is 290 g/mol. The van der Waals surface area contributed by atoms with Gasteiger partial charge in [0.2, 0.25) is 0 Å². The molecule has 1 saturated heterocycles. The van der Waals surface area contributed by atoms with Gasteiger partial charge in [-0.1, -0.05) is 0 Å². The highest BCUT2D eigenvalue weighted by molar-refractivity contribution is 5.38. The molecular formula is C17H23N5O. The average molecular weight is 313 g/mol. The Balaban J connectivity index is 1.49. The zero-order valence-electron chi connectivity index (χ0n) is 13.7. The van der Waals surface area contributed by atoms with E-state index in [-0.39, 0.29) is 0 Å². The molecule has 4 rings (SSSR count). The zero-order chi connectivity index (χ0) is 15.8. The molecule has 1 saturated carbocycles. The van der Waals surface area contributed by atoms with Crippen LogP contribution in [-0.4, -0.2) is 38.7 Å². The Morgan fingerprint density at radius 2 is 2.09 bits per heavy atom. The first-order chi connectivity index (χ1) is 11.2. The van der Waals surface area contributed by atoms with Gasteiger partial charge in [-0.15, -0.1) is 10.2 Å². The van der Waals surface area contributed by atoms with Gasteiger partial charge in [-0.05, 0) is 57.7 Å². The maximum Gasteiger partial charge on any atom is 0.176 e. The zero-order valence-corrected chi connectivity index (χ0v) is 13.7. The SMILES string of the molecule is Cc1cc(C)n(-c2ccc(N[C@@H]3CCC[C@@H]4OCC[C@@H]43)nn2)n1. The van der Waals surface area contributed by atoms with Crippen LogP contribution in [0.2, 0.25) is 0 Å². The normalized spacial score (nSPS) is 27.0. The summed E-state index contributed by atoms with van der Waals surface area (Å²) in [5.41, 5.74) is 2.05. The van der Waals surface area contributed by atoms with Gasteiger partial charge >= 0.3 is 0 Å². The lowest BCUT2D eigenvalue weighted by molar-refractivity contribution is 0.0619. The van der Waals surface area contributed by atoms with Crippen LogP contribution in [0.1, 0.15) is 37.1 Å². The Morgan fingerprint density at radius 3 is 2.83 bits per heavy atom. The minimum atomic E-state index is 0.434. The molecule has 0 aromatic carbocycles. The standard InChI is InChI=1S/C17H23N5O/c1-11-10-12(2)22(21-11)17-7-6-16(19-20-17)18-14-4-3-5-15-13(14)8-9-23-15/h6-7,10,13-15H,3-5,8-9H2,1-2H3,(H,18,19)/t13-,14-,15+/m1/s1. The van der Waals surface area contributed by atoms with Crippen LogP contribution < -0.4 is 5.32 Å². The van der Waals surface area contributed by atoms with E-state index in [1.54, 1.807) is 0 Å². The average Bonchev–Trinajstić information content (AvgIpc) is 3.15. The summed E-state index contributed by atoms with van der Waals surface area (Å²) in [6, 6.07) is 6.46. The molecule has 1 aliphatic carbocycles. The number of aromatic nitrogens is 4. The number of ether oxygens (including phenoxy) is 1. The topological polar surface area (TPSA) is 64.9 Å². The summed E-state index contributed by atoms with van der Waals surface area (Å²) in [6.07, 6.45) is 5.19. The van der Waals surface area contributed by atoms with Crippen molar-refractivity contribution in [3.05, 3.63) is 29.6 Å². The number of rotatable bonds is 3. The lowest BCUT2D eigenvalue weighted by atomic mass is 9.82. The third-order valence-electron chi connectivity index (χ3n) is 4.99. The Morgan fingerprint density at radius 1 is 1.17 bits per heavy atom. The Hall–Kier alpha value is -1.95. The van der Waals surface area contributed by atoms with E-state index in [9.17, 15) is 0 Å². The maximum atomic E-state index is 5.83. The molecule has 1 N–H and O–H groups in total. The number of hydrogen-bond acceptors (Lipinski definition) is 5. The van der Waals surface area contributed by atoms with Crippen LogP contribution >= 0.6 is 0 Å². The van der Waals surface area contributed by atoms with Gasteiger partial charge in [-0.2, -0.15) is 5.10 Å². The van der Waals surface area contributed by atoms with Gasteiger partial charge in [0.15, 0.2) is 5.82 Å². The molecule has 1 aliphatic heterocycles. The first kappa shape index (κ1) is 14.6. The number of hydrogen-bond donors (Lipinski definition) is 1. The molecule has 2 aromatic heterocycles. The van der Waals surface area contributed by atoms with Crippen molar-refractivity contribution >= 4 is 5.82 Å². The van der Waals surface area contributed by atoms with Crippen LogP contribution in [0.25, 0.3) is 5.82 Å². The fraction of sp³-hybridized carbons (Fsp3) is 0.588. The molecule has 0 radical (unpaired) electrons. The maximum absolute atomic E-state index is 5.83.